The Morgan fingerprint density at radius 1 is 1.10 bits per heavy atom. The third-order valence-corrected chi connectivity index (χ3v) is 11.5. The fourth-order valence-electron chi connectivity index (χ4n) is 7.02. The average Bonchev–Trinajstić information content (AvgIpc) is 3.61. The molecule has 2 heterocycles. The minimum Gasteiger partial charge on any atom is -0.508 e. The highest BCUT2D eigenvalue weighted by atomic mass is 32.1. The summed E-state index contributed by atoms with van der Waals surface area (Å²) in [6.07, 6.45) is 3.42. The van der Waals surface area contributed by atoms with Crippen LogP contribution in [0.5, 0.6) is 5.75 Å². The van der Waals surface area contributed by atoms with Gasteiger partial charge in [-0.2, -0.15) is 0 Å². The molecule has 4 N–H and O–H groups in total. The molecule has 7 atom stereocenters. The summed E-state index contributed by atoms with van der Waals surface area (Å²) in [5.74, 6) is -2.65. The van der Waals surface area contributed by atoms with E-state index in [-0.39, 0.29) is 60.3 Å². The number of aromatic hydroxyl groups is 1. The summed E-state index contributed by atoms with van der Waals surface area (Å²) in [6.45, 7) is 11.1. The fourth-order valence-corrected chi connectivity index (χ4v) is 7.82. The molecule has 2 amide bonds. The molecule has 3 rings (SSSR count). The lowest BCUT2D eigenvalue weighted by molar-refractivity contribution is -0.145. The topological polar surface area (TPSA) is 170 Å². The molecule has 0 saturated carbocycles. The summed E-state index contributed by atoms with van der Waals surface area (Å²) in [6, 6.07) is 5.43. The Hall–Kier alpha value is -3.39. The Labute approximate surface area is 313 Å². The molecule has 290 valence electrons. The maximum absolute atomic E-state index is 14.5. The van der Waals surface area contributed by atoms with Gasteiger partial charge in [-0.15, -0.1) is 11.3 Å². The normalized spacial score (nSPS) is 18.6. The number of amides is 2. The molecule has 52 heavy (non-hydrogen) atoms. The number of nitrogens with one attached hydrogen (secondary N) is 1. The van der Waals surface area contributed by atoms with E-state index in [0.717, 1.165) is 49.1 Å². The van der Waals surface area contributed by atoms with Crippen molar-refractivity contribution in [3.05, 3.63) is 45.9 Å². The molecule has 0 aliphatic carbocycles. The maximum atomic E-state index is 14.5. The van der Waals surface area contributed by atoms with Gasteiger partial charge in [0.2, 0.25) is 5.91 Å². The van der Waals surface area contributed by atoms with E-state index < -0.39 is 41.9 Å². The predicted molar refractivity (Wildman–Crippen MR) is 201 cm³/mol. The van der Waals surface area contributed by atoms with Crippen LogP contribution in [-0.4, -0.2) is 106 Å². The number of hydrogen-bond acceptors (Lipinski definition) is 10. The minimum atomic E-state index is -1.07. The second kappa shape index (κ2) is 20.7. The number of ether oxygens (including phenoxy) is 1. The number of hydrogen-bond donors (Lipinski definition) is 4. The number of rotatable bonds is 21. The van der Waals surface area contributed by atoms with Crippen LogP contribution in [0.2, 0.25) is 0 Å². The molecule has 2 aromatic rings. The van der Waals surface area contributed by atoms with Crippen molar-refractivity contribution in [1.29, 1.82) is 0 Å². The summed E-state index contributed by atoms with van der Waals surface area (Å²) in [5, 5.41) is 35.5. The lowest BCUT2D eigenvalue weighted by Crippen LogP contribution is -2.50. The third-order valence-electron chi connectivity index (χ3n) is 10.5. The largest absolute Gasteiger partial charge is 0.508 e. The van der Waals surface area contributed by atoms with Crippen molar-refractivity contribution >= 4 is 34.9 Å². The zero-order valence-corrected chi connectivity index (χ0v) is 32.7. The first kappa shape index (κ1) is 43.0. The average molecular weight is 745 g/mol. The summed E-state index contributed by atoms with van der Waals surface area (Å²) < 4.78 is 5.41. The van der Waals surface area contributed by atoms with E-state index >= 15 is 0 Å². The van der Waals surface area contributed by atoms with Crippen LogP contribution in [0, 0.1) is 23.7 Å². The van der Waals surface area contributed by atoms with Crippen LogP contribution in [0.3, 0.4) is 0 Å². The van der Waals surface area contributed by atoms with Gasteiger partial charge in [-0.3, -0.25) is 24.1 Å². The zero-order valence-electron chi connectivity index (χ0n) is 31.9. The molecule has 1 aromatic heterocycles. The molecular weight excluding hydrogens is 685 g/mol. The van der Waals surface area contributed by atoms with Crippen molar-refractivity contribution in [3.63, 3.8) is 0 Å². The number of aromatic nitrogens is 1. The molecule has 12 nitrogen and oxygen atoms in total. The molecule has 3 unspecified atom stereocenters. The number of nitrogens with zero attached hydrogens (tertiary/aromatic N) is 3. The Morgan fingerprint density at radius 2 is 1.79 bits per heavy atom. The Kier molecular flexibility index (Phi) is 17.2. The number of aliphatic carboxylic acids is 1. The number of aliphatic hydroxyl groups is 1. The number of thiazole rings is 1. The van der Waals surface area contributed by atoms with Gasteiger partial charge >= 0.3 is 5.97 Å². The molecule has 1 aliphatic rings. The lowest BCUT2D eigenvalue weighted by Gasteiger charge is -2.39. The number of ketones is 1. The number of carbonyl (C=O) groups is 4. The number of carboxylic acid groups (broad SMARTS) is 1. The van der Waals surface area contributed by atoms with Crippen LogP contribution in [0.1, 0.15) is 107 Å². The highest BCUT2D eigenvalue weighted by Gasteiger charge is 2.38. The van der Waals surface area contributed by atoms with Crippen LogP contribution >= 0.6 is 11.3 Å². The van der Waals surface area contributed by atoms with Crippen LogP contribution < -0.4 is 5.32 Å². The van der Waals surface area contributed by atoms with Gasteiger partial charge in [0.05, 0.1) is 18.6 Å². The van der Waals surface area contributed by atoms with Crippen molar-refractivity contribution in [3.8, 4) is 5.75 Å². The van der Waals surface area contributed by atoms with Gasteiger partial charge in [-0.1, -0.05) is 59.6 Å². The first-order valence-electron chi connectivity index (χ1n) is 18.6. The number of phenols is 1. The van der Waals surface area contributed by atoms with E-state index in [1.807, 2.05) is 34.7 Å². The van der Waals surface area contributed by atoms with E-state index in [9.17, 15) is 34.5 Å². The molecule has 0 bridgehead atoms. The zero-order chi connectivity index (χ0) is 38.5. The molecule has 1 fully saturated rings. The van der Waals surface area contributed by atoms with Crippen LogP contribution in [0.15, 0.2) is 29.6 Å². The monoisotopic (exact) mass is 744 g/mol. The Balaban J connectivity index is 1.79. The number of benzene rings is 1. The number of likely N-dealkylation sites (N-methyl/N-ethyl adjacent to an activating group) is 1. The van der Waals surface area contributed by atoms with Crippen molar-refractivity contribution in [2.45, 2.75) is 110 Å². The Morgan fingerprint density at radius 3 is 2.38 bits per heavy atom. The summed E-state index contributed by atoms with van der Waals surface area (Å²) in [5.41, 5.74) is 0.929. The van der Waals surface area contributed by atoms with Gasteiger partial charge in [0, 0.05) is 49.9 Å². The summed E-state index contributed by atoms with van der Waals surface area (Å²) >= 11 is 1.15. The number of piperidine rings is 1. The van der Waals surface area contributed by atoms with Crippen molar-refractivity contribution in [1.82, 2.24) is 20.1 Å². The van der Waals surface area contributed by atoms with Crippen molar-refractivity contribution in [2.75, 3.05) is 33.9 Å². The number of aliphatic hydroxyl groups excluding tert-OH is 1. The lowest BCUT2D eigenvalue weighted by atomic mass is 9.82. The molecular formula is C39H60N4O8S. The van der Waals surface area contributed by atoms with Gasteiger partial charge < -0.3 is 30.3 Å². The molecule has 1 saturated heterocycles. The van der Waals surface area contributed by atoms with Crippen LogP contribution in [-0.2, 0) is 25.5 Å². The highest BCUT2D eigenvalue weighted by molar-refractivity contribution is 7.09. The van der Waals surface area contributed by atoms with E-state index in [0.29, 0.717) is 24.6 Å². The molecule has 13 heteroatoms. The van der Waals surface area contributed by atoms with Gasteiger partial charge in [0.1, 0.15) is 22.6 Å². The summed E-state index contributed by atoms with van der Waals surface area (Å²) in [7, 11) is 3.56. The number of likely N-dealkylation sites (tertiary alicyclic amines) is 1. The Bertz CT molecular complexity index is 1450. The SMILES string of the molecule is CCC(C)C(CC(=O)C1CCCCN1C)C(=O)N(CCOC)[C@H](C[C@@H](O)c1nc(C(=O)N[C@@H](Cc2ccc(O)cc2)C[C@H](C)C(=O)O)cs1)C(C)C. The minimum absolute atomic E-state index is 0.0236. The standard InChI is InChI=1S/C39H60N4O8S/c1-8-25(4)30(21-34(45)32-11-9-10-16-42(32)6)38(48)43(17-18-51-7)33(24(2)3)22-35(46)37-41-31(23-52-37)36(47)40-28(19-26(5)39(49)50)20-27-12-14-29(44)15-13-27/h12-15,23-26,28,30,32-33,35,44,46H,8-11,16-22H2,1-7H3,(H,40,47)(H,49,50)/t25?,26-,28+,30?,32?,33+,35+/m0/s1. The number of phenolic OH excluding ortho intramolecular Hbond substituents is 1. The third kappa shape index (κ3) is 12.3. The van der Waals surface area contributed by atoms with Gasteiger partial charge in [-0.05, 0) is 68.8 Å². The fraction of sp³-hybridized carbons (Fsp3) is 0.667. The molecule has 0 spiro atoms. The summed E-state index contributed by atoms with van der Waals surface area (Å²) in [4.78, 5) is 61.5. The van der Waals surface area contributed by atoms with Gasteiger partial charge in [0.25, 0.3) is 5.91 Å². The first-order valence-corrected chi connectivity index (χ1v) is 19.5. The maximum Gasteiger partial charge on any atom is 0.306 e. The van der Waals surface area contributed by atoms with Crippen LogP contribution in [0.4, 0.5) is 0 Å². The van der Waals surface area contributed by atoms with Gasteiger partial charge in [-0.25, -0.2) is 4.98 Å². The van der Waals surface area contributed by atoms with Crippen LogP contribution in [0.25, 0.3) is 0 Å². The molecule has 1 aromatic carbocycles. The number of Topliss-reactive ketones (excluding diaryl/α,β-unsaturated/α-hetero) is 1. The smallest absolute Gasteiger partial charge is 0.306 e. The highest BCUT2D eigenvalue weighted by Crippen LogP contribution is 2.32. The molecule has 0 radical (unpaired) electrons. The quantitative estimate of drug-likeness (QED) is 0.131. The number of carboxylic acids is 1. The van der Waals surface area contributed by atoms with E-state index in [1.54, 1.807) is 36.4 Å². The second-order valence-corrected chi connectivity index (χ2v) is 15.7. The molecule has 1 aliphatic heterocycles. The number of carbonyl (C=O) groups excluding carboxylic acids is 3. The van der Waals surface area contributed by atoms with E-state index in [4.69, 9.17) is 4.74 Å². The van der Waals surface area contributed by atoms with E-state index in [1.165, 1.54) is 12.1 Å². The first-order chi connectivity index (χ1) is 24.7. The van der Waals surface area contributed by atoms with E-state index in [2.05, 4.69) is 15.2 Å². The second-order valence-electron chi connectivity index (χ2n) is 14.8. The number of methoxy groups -OCH3 is 1. The predicted octanol–water partition coefficient (Wildman–Crippen LogP) is 5.33. The van der Waals surface area contributed by atoms with Crippen molar-refractivity contribution < 1.29 is 39.2 Å². The van der Waals surface area contributed by atoms with Crippen molar-refractivity contribution in [2.24, 2.45) is 23.7 Å². The van der Waals surface area contributed by atoms with Gasteiger partial charge in [0.15, 0.2) is 5.78 Å².